The minimum atomic E-state index is -2.86. The van der Waals surface area contributed by atoms with E-state index in [1.165, 1.54) is 0 Å². The first-order chi connectivity index (χ1) is 8.67. The average molecular weight is 277 g/mol. The van der Waals surface area contributed by atoms with Crippen LogP contribution in [0.2, 0.25) is 0 Å². The molecule has 0 aliphatic heterocycles. The van der Waals surface area contributed by atoms with E-state index >= 15 is 0 Å². The molecule has 4 nitrogen and oxygen atoms in total. The number of sulfone groups is 1. The summed E-state index contributed by atoms with van der Waals surface area (Å²) in [6.07, 6.45) is 6.11. The van der Waals surface area contributed by atoms with E-state index in [9.17, 15) is 8.42 Å². The number of ether oxygens (including phenoxy) is 1. The summed E-state index contributed by atoms with van der Waals surface area (Å²) in [6.45, 7) is 4.90. The minimum absolute atomic E-state index is 0.0693. The van der Waals surface area contributed by atoms with Crippen LogP contribution in [0.25, 0.3) is 0 Å². The highest BCUT2D eigenvalue weighted by molar-refractivity contribution is 7.92. The van der Waals surface area contributed by atoms with Gasteiger partial charge in [0.15, 0.2) is 9.84 Å². The molecular formula is C13H27NO3S. The van der Waals surface area contributed by atoms with Crippen molar-refractivity contribution in [2.45, 2.75) is 50.7 Å². The molecule has 1 N–H and O–H groups in total. The molecular weight excluding hydrogens is 250 g/mol. The van der Waals surface area contributed by atoms with Crippen molar-refractivity contribution in [1.29, 1.82) is 0 Å². The van der Waals surface area contributed by atoms with Crippen LogP contribution in [0.5, 0.6) is 0 Å². The third-order valence-electron chi connectivity index (χ3n) is 3.44. The molecule has 1 fully saturated rings. The van der Waals surface area contributed by atoms with Crippen molar-refractivity contribution in [1.82, 2.24) is 5.32 Å². The molecule has 0 atom stereocenters. The lowest BCUT2D eigenvalue weighted by atomic mass is 10.4. The van der Waals surface area contributed by atoms with E-state index in [2.05, 4.69) is 12.2 Å². The van der Waals surface area contributed by atoms with Crippen molar-refractivity contribution in [3.63, 3.8) is 0 Å². The summed E-state index contributed by atoms with van der Waals surface area (Å²) in [5, 5.41) is 3.07. The highest BCUT2D eigenvalue weighted by atomic mass is 32.2. The first-order valence-corrected chi connectivity index (χ1v) is 8.88. The molecule has 18 heavy (non-hydrogen) atoms. The van der Waals surface area contributed by atoms with Gasteiger partial charge in [-0.05, 0) is 19.3 Å². The summed E-state index contributed by atoms with van der Waals surface area (Å²) in [7, 11) is -2.86. The Morgan fingerprint density at radius 1 is 1.17 bits per heavy atom. The highest BCUT2D eigenvalue weighted by Gasteiger charge is 2.27. The quantitative estimate of drug-likeness (QED) is 0.618. The second-order valence-corrected chi connectivity index (χ2v) is 7.39. The van der Waals surface area contributed by atoms with Gasteiger partial charge in [0, 0.05) is 19.7 Å². The Bertz CT molecular complexity index is 297. The van der Waals surface area contributed by atoms with Crippen molar-refractivity contribution < 1.29 is 13.2 Å². The van der Waals surface area contributed by atoms with Gasteiger partial charge >= 0.3 is 0 Å². The van der Waals surface area contributed by atoms with Gasteiger partial charge in [0.25, 0.3) is 0 Å². The topological polar surface area (TPSA) is 55.4 Å². The van der Waals surface area contributed by atoms with Crippen LogP contribution in [0.4, 0.5) is 0 Å². The minimum Gasteiger partial charge on any atom is -0.380 e. The van der Waals surface area contributed by atoms with Gasteiger partial charge in [0.1, 0.15) is 0 Å². The third-order valence-corrected chi connectivity index (χ3v) is 5.70. The Kier molecular flexibility index (Phi) is 7.86. The summed E-state index contributed by atoms with van der Waals surface area (Å²) < 4.78 is 29.3. The molecule has 1 aliphatic rings. The maximum atomic E-state index is 11.9. The van der Waals surface area contributed by atoms with E-state index in [4.69, 9.17) is 4.74 Å². The van der Waals surface area contributed by atoms with E-state index in [1.807, 2.05) is 0 Å². The van der Waals surface area contributed by atoms with Crippen LogP contribution in [0, 0.1) is 0 Å². The Labute approximate surface area is 111 Å². The maximum absolute atomic E-state index is 11.9. The number of rotatable bonds is 10. The number of nitrogens with one attached hydrogen (secondary N) is 1. The van der Waals surface area contributed by atoms with Crippen molar-refractivity contribution in [3.05, 3.63) is 0 Å². The van der Waals surface area contributed by atoms with Gasteiger partial charge in [0.05, 0.1) is 17.6 Å². The molecule has 1 saturated carbocycles. The van der Waals surface area contributed by atoms with E-state index in [1.54, 1.807) is 0 Å². The molecule has 0 heterocycles. The first-order valence-electron chi connectivity index (χ1n) is 7.17. The molecule has 0 aromatic carbocycles. The fourth-order valence-electron chi connectivity index (χ4n) is 2.25. The molecule has 0 bridgehead atoms. The Balaban J connectivity index is 2.00. The third kappa shape index (κ3) is 6.16. The van der Waals surface area contributed by atoms with Crippen molar-refractivity contribution in [2.75, 3.05) is 32.1 Å². The zero-order valence-corrected chi connectivity index (χ0v) is 12.3. The van der Waals surface area contributed by atoms with Crippen molar-refractivity contribution in [3.8, 4) is 0 Å². The summed E-state index contributed by atoms with van der Waals surface area (Å²) in [5.74, 6) is 0.270. The van der Waals surface area contributed by atoms with Gasteiger partial charge < -0.3 is 10.1 Å². The van der Waals surface area contributed by atoms with Gasteiger partial charge in [-0.15, -0.1) is 0 Å². The molecule has 108 valence electrons. The van der Waals surface area contributed by atoms with Crippen LogP contribution >= 0.6 is 0 Å². The molecule has 5 heteroatoms. The van der Waals surface area contributed by atoms with Crippen LogP contribution in [0.3, 0.4) is 0 Å². The van der Waals surface area contributed by atoms with E-state index in [-0.39, 0.29) is 11.0 Å². The van der Waals surface area contributed by atoms with Gasteiger partial charge in [-0.25, -0.2) is 8.42 Å². The van der Waals surface area contributed by atoms with E-state index in [0.717, 1.165) is 51.7 Å². The lowest BCUT2D eigenvalue weighted by molar-refractivity contribution is 0.133. The lowest BCUT2D eigenvalue weighted by Crippen LogP contribution is -2.30. The number of unbranched alkanes of at least 4 members (excludes halogenated alkanes) is 1. The van der Waals surface area contributed by atoms with Crippen LogP contribution < -0.4 is 5.32 Å². The van der Waals surface area contributed by atoms with Gasteiger partial charge in [0.2, 0.25) is 0 Å². The van der Waals surface area contributed by atoms with Gasteiger partial charge in [-0.1, -0.05) is 26.2 Å². The van der Waals surface area contributed by atoms with Gasteiger partial charge in [-0.2, -0.15) is 0 Å². The lowest BCUT2D eigenvalue weighted by Gasteiger charge is -2.11. The van der Waals surface area contributed by atoms with E-state index in [0.29, 0.717) is 13.2 Å². The normalized spacial score (nSPS) is 17.4. The zero-order valence-electron chi connectivity index (χ0n) is 11.5. The van der Waals surface area contributed by atoms with E-state index < -0.39 is 9.84 Å². The summed E-state index contributed by atoms with van der Waals surface area (Å²) in [4.78, 5) is 0. The van der Waals surface area contributed by atoms with Crippen LogP contribution in [-0.2, 0) is 14.6 Å². The average Bonchev–Trinajstić information content (AvgIpc) is 2.87. The number of hydrogen-bond donors (Lipinski definition) is 1. The fourth-order valence-corrected chi connectivity index (χ4v) is 4.06. The largest absolute Gasteiger partial charge is 0.380 e. The Morgan fingerprint density at radius 2 is 1.89 bits per heavy atom. The molecule has 0 spiro atoms. The molecule has 0 aromatic heterocycles. The maximum Gasteiger partial charge on any atom is 0.154 e. The first kappa shape index (κ1) is 15.9. The summed E-state index contributed by atoms with van der Waals surface area (Å²) in [5.41, 5.74) is 0. The Morgan fingerprint density at radius 3 is 2.56 bits per heavy atom. The van der Waals surface area contributed by atoms with Crippen LogP contribution in [-0.4, -0.2) is 45.7 Å². The molecule has 1 aliphatic carbocycles. The SMILES string of the molecule is CCCCOCCNCCS(=O)(=O)C1CCCC1. The molecule has 0 aromatic rings. The standard InChI is InChI=1S/C13H27NO3S/c1-2-3-10-17-11-8-14-9-12-18(15,16)13-6-4-5-7-13/h13-14H,2-12H2,1H3. The smallest absolute Gasteiger partial charge is 0.154 e. The van der Waals surface area contributed by atoms with Crippen molar-refractivity contribution >= 4 is 9.84 Å². The molecule has 0 radical (unpaired) electrons. The zero-order chi connectivity index (χ0) is 13.3. The van der Waals surface area contributed by atoms with Crippen molar-refractivity contribution in [2.24, 2.45) is 0 Å². The monoisotopic (exact) mass is 277 g/mol. The van der Waals surface area contributed by atoms with Crippen LogP contribution in [0.15, 0.2) is 0 Å². The second kappa shape index (κ2) is 8.88. The second-order valence-electron chi connectivity index (χ2n) is 4.99. The fraction of sp³-hybridized carbons (Fsp3) is 1.00. The summed E-state index contributed by atoms with van der Waals surface area (Å²) in [6, 6.07) is 0. The predicted molar refractivity (Wildman–Crippen MR) is 74.6 cm³/mol. The highest BCUT2D eigenvalue weighted by Crippen LogP contribution is 2.24. The van der Waals surface area contributed by atoms with Gasteiger partial charge in [-0.3, -0.25) is 0 Å². The number of hydrogen-bond acceptors (Lipinski definition) is 4. The van der Waals surface area contributed by atoms with Crippen LogP contribution in [0.1, 0.15) is 45.4 Å². The predicted octanol–water partition coefficient (Wildman–Crippen LogP) is 1.75. The molecule has 0 saturated heterocycles. The summed E-state index contributed by atoms with van der Waals surface area (Å²) >= 11 is 0. The molecule has 1 rings (SSSR count). The molecule has 0 amide bonds. The molecule has 0 unspecified atom stereocenters. The Hall–Kier alpha value is -0.130.